The van der Waals surface area contributed by atoms with Gasteiger partial charge in [0.1, 0.15) is 34.0 Å². The minimum atomic E-state index is -0.166. The van der Waals surface area contributed by atoms with Crippen LogP contribution in [0.3, 0.4) is 0 Å². The maximum Gasteiger partial charge on any atom is 0.167 e. The summed E-state index contributed by atoms with van der Waals surface area (Å²) in [5, 5.41) is 31.1. The van der Waals surface area contributed by atoms with Gasteiger partial charge < -0.3 is 14.9 Å². The number of aromatic hydroxyl groups is 2. The Morgan fingerprint density at radius 1 is 0.600 bits per heavy atom. The fourth-order valence-corrected chi connectivity index (χ4v) is 7.37. The Kier molecular flexibility index (Phi) is 13.9. The van der Waals surface area contributed by atoms with Gasteiger partial charge in [-0.25, -0.2) is 15.0 Å². The molecule has 0 atom stereocenters. The average Bonchev–Trinajstić information content (AvgIpc) is 3.61. The number of hydrogen-bond acceptors (Lipinski definition) is 8. The Morgan fingerprint density at radius 3 is 1.75 bits per heavy atom. The number of unbranched alkanes of at least 4 members (excludes halogenated alkanes) is 5. The predicted octanol–water partition coefficient (Wildman–Crippen LogP) is 12.9. The Bertz CT molecular complexity index is 2540. The van der Waals surface area contributed by atoms with Crippen molar-refractivity contribution in [2.45, 2.75) is 106 Å². The van der Waals surface area contributed by atoms with Crippen LogP contribution in [0, 0.1) is 34.6 Å². The fourth-order valence-electron chi connectivity index (χ4n) is 7.21. The molecule has 312 valence electrons. The number of fused-ring (bicyclic) bond motifs is 1. The molecule has 10 heteroatoms. The molecular weight excluding hydrogens is 768 g/mol. The van der Waals surface area contributed by atoms with Crippen molar-refractivity contribution in [1.82, 2.24) is 29.9 Å². The first-order valence-electron chi connectivity index (χ1n) is 20.9. The molecular formula is C50H57ClN6O3. The molecule has 0 bridgehead atoms. The van der Waals surface area contributed by atoms with Crippen LogP contribution >= 0.6 is 11.6 Å². The number of halogens is 1. The number of benzene rings is 5. The van der Waals surface area contributed by atoms with Crippen LogP contribution in [-0.2, 0) is 5.41 Å². The molecule has 0 saturated carbocycles. The SMILES string of the molecule is CCCCCCCCOc1ccc(-c2nc(-c3ccc(C)cc3C)nc(-c3ccc(C)cc3C)n2)c(O)c1.Cc1cc(-n2nc3ccc(Cl)cc3n2)c(O)c(C(C)(C)C)c1. The Hall–Kier alpha value is -5.80. The summed E-state index contributed by atoms with van der Waals surface area (Å²) < 4.78 is 5.91. The molecule has 2 N–H and O–H groups in total. The second kappa shape index (κ2) is 19.1. The van der Waals surface area contributed by atoms with Gasteiger partial charge in [-0.05, 0) is 99.5 Å². The quantitative estimate of drug-likeness (QED) is 0.117. The van der Waals surface area contributed by atoms with Crippen molar-refractivity contribution >= 4 is 22.6 Å². The zero-order valence-electron chi connectivity index (χ0n) is 36.4. The molecule has 7 aromatic rings. The van der Waals surface area contributed by atoms with Crippen LogP contribution in [0.5, 0.6) is 17.2 Å². The normalized spacial score (nSPS) is 11.4. The smallest absolute Gasteiger partial charge is 0.167 e. The van der Waals surface area contributed by atoms with Crippen LogP contribution in [0.15, 0.2) is 84.9 Å². The van der Waals surface area contributed by atoms with Gasteiger partial charge >= 0.3 is 0 Å². The summed E-state index contributed by atoms with van der Waals surface area (Å²) in [5.74, 6) is 2.57. The zero-order valence-corrected chi connectivity index (χ0v) is 37.2. The summed E-state index contributed by atoms with van der Waals surface area (Å²) in [6.45, 7) is 19.4. The molecule has 0 aliphatic heterocycles. The van der Waals surface area contributed by atoms with Crippen molar-refractivity contribution < 1.29 is 14.9 Å². The molecule has 0 fully saturated rings. The third-order valence-electron chi connectivity index (χ3n) is 10.5. The van der Waals surface area contributed by atoms with Crippen LogP contribution < -0.4 is 4.74 Å². The van der Waals surface area contributed by atoms with E-state index in [0.29, 0.717) is 51.6 Å². The lowest BCUT2D eigenvalue weighted by Gasteiger charge is -2.22. The van der Waals surface area contributed by atoms with E-state index in [1.807, 2.05) is 37.3 Å². The molecule has 60 heavy (non-hydrogen) atoms. The van der Waals surface area contributed by atoms with Gasteiger partial charge in [-0.3, -0.25) is 0 Å². The summed E-state index contributed by atoms with van der Waals surface area (Å²) >= 11 is 5.99. The summed E-state index contributed by atoms with van der Waals surface area (Å²) in [7, 11) is 0. The van der Waals surface area contributed by atoms with Crippen molar-refractivity contribution in [1.29, 1.82) is 0 Å². The second-order valence-electron chi connectivity index (χ2n) is 16.8. The van der Waals surface area contributed by atoms with E-state index in [1.165, 1.54) is 41.6 Å². The lowest BCUT2D eigenvalue weighted by molar-refractivity contribution is 0.303. The number of phenolic OH excluding ortho intramolecular Hbond substituents is 2. The van der Waals surface area contributed by atoms with Crippen molar-refractivity contribution in [3.63, 3.8) is 0 Å². The van der Waals surface area contributed by atoms with E-state index < -0.39 is 0 Å². The van der Waals surface area contributed by atoms with Crippen molar-refractivity contribution in [3.8, 4) is 57.1 Å². The number of phenols is 2. The zero-order chi connectivity index (χ0) is 43.1. The third-order valence-corrected chi connectivity index (χ3v) is 10.7. The number of ether oxygens (including phenoxy) is 1. The largest absolute Gasteiger partial charge is 0.507 e. The highest BCUT2D eigenvalue weighted by atomic mass is 35.5. The fraction of sp³-hybridized carbons (Fsp3) is 0.340. The second-order valence-corrected chi connectivity index (χ2v) is 17.2. The standard InChI is InChI=1S/C33H39N3O2.C17H18ClN3O/c1-6-7-8-9-10-11-18-38-26-14-17-29(30(37)21-26)33-35-31(27-15-12-22(2)19-24(27)4)34-32(36-33)28-16-13-23(3)20-25(28)5;1-10-7-12(17(2,3)4)16(22)15(8-10)21-19-13-6-5-11(18)9-14(13)20-21/h12-17,19-21,37H,6-11,18H2,1-5H3;5-9,22H,1-4H3. The van der Waals surface area contributed by atoms with Gasteiger partial charge in [0.05, 0.1) is 12.2 Å². The van der Waals surface area contributed by atoms with Crippen LogP contribution in [0.4, 0.5) is 0 Å². The topological polar surface area (TPSA) is 119 Å². The predicted molar refractivity (Wildman–Crippen MR) is 245 cm³/mol. The highest BCUT2D eigenvalue weighted by Gasteiger charge is 2.23. The van der Waals surface area contributed by atoms with E-state index in [-0.39, 0.29) is 16.9 Å². The maximum atomic E-state index is 11.0. The van der Waals surface area contributed by atoms with Crippen LogP contribution in [0.2, 0.25) is 5.02 Å². The highest BCUT2D eigenvalue weighted by molar-refractivity contribution is 6.31. The van der Waals surface area contributed by atoms with Gasteiger partial charge in [-0.1, -0.05) is 125 Å². The summed E-state index contributed by atoms with van der Waals surface area (Å²) in [6, 6.07) is 27.1. The monoisotopic (exact) mass is 824 g/mol. The minimum absolute atomic E-state index is 0.0924. The van der Waals surface area contributed by atoms with E-state index in [4.69, 9.17) is 31.3 Å². The number of hydrogen-bond donors (Lipinski definition) is 2. The van der Waals surface area contributed by atoms with E-state index >= 15 is 0 Å². The molecule has 0 unspecified atom stereocenters. The third kappa shape index (κ3) is 10.7. The number of aromatic nitrogens is 6. The lowest BCUT2D eigenvalue weighted by atomic mass is 9.85. The maximum absolute atomic E-state index is 11.0. The molecule has 0 spiro atoms. The van der Waals surface area contributed by atoms with E-state index in [0.717, 1.165) is 51.7 Å². The summed E-state index contributed by atoms with van der Waals surface area (Å²) in [5.41, 5.74) is 10.8. The number of nitrogens with zero attached hydrogens (tertiary/aromatic N) is 6. The van der Waals surface area contributed by atoms with Gasteiger partial charge in [0.25, 0.3) is 0 Å². The molecule has 5 aromatic carbocycles. The first-order valence-corrected chi connectivity index (χ1v) is 21.2. The van der Waals surface area contributed by atoms with Crippen molar-refractivity contribution in [3.05, 3.63) is 123 Å². The van der Waals surface area contributed by atoms with Gasteiger partial charge in [0.15, 0.2) is 17.5 Å². The van der Waals surface area contributed by atoms with Crippen LogP contribution in [0.25, 0.3) is 50.9 Å². The summed E-state index contributed by atoms with van der Waals surface area (Å²) in [6.07, 6.45) is 7.25. The van der Waals surface area contributed by atoms with E-state index in [9.17, 15) is 10.2 Å². The molecule has 9 nitrogen and oxygen atoms in total. The van der Waals surface area contributed by atoms with Gasteiger partial charge in [-0.2, -0.15) is 0 Å². The van der Waals surface area contributed by atoms with Gasteiger partial charge in [-0.15, -0.1) is 15.0 Å². The van der Waals surface area contributed by atoms with Crippen molar-refractivity contribution in [2.24, 2.45) is 0 Å². The molecule has 2 aromatic heterocycles. The van der Waals surface area contributed by atoms with E-state index in [1.54, 1.807) is 18.2 Å². The molecule has 0 saturated heterocycles. The molecule has 0 radical (unpaired) electrons. The minimum Gasteiger partial charge on any atom is -0.507 e. The molecule has 7 rings (SSSR count). The molecule has 0 aliphatic carbocycles. The lowest BCUT2D eigenvalue weighted by Crippen LogP contribution is -2.13. The van der Waals surface area contributed by atoms with Gasteiger partial charge in [0.2, 0.25) is 0 Å². The van der Waals surface area contributed by atoms with E-state index in [2.05, 4.69) is 102 Å². The average molecular weight is 825 g/mol. The number of aryl methyl sites for hydroxylation is 5. The Balaban J connectivity index is 0.000000232. The van der Waals surface area contributed by atoms with Crippen LogP contribution in [0.1, 0.15) is 99.6 Å². The molecule has 0 amide bonds. The summed E-state index contributed by atoms with van der Waals surface area (Å²) in [4.78, 5) is 16.0. The first-order chi connectivity index (χ1) is 28.6. The Labute approximate surface area is 359 Å². The van der Waals surface area contributed by atoms with Gasteiger partial charge in [0, 0.05) is 27.8 Å². The van der Waals surface area contributed by atoms with Crippen LogP contribution in [-0.4, -0.2) is 46.8 Å². The molecule has 2 heterocycles. The number of rotatable bonds is 12. The highest BCUT2D eigenvalue weighted by Crippen LogP contribution is 2.37. The molecule has 0 aliphatic rings. The Morgan fingerprint density at radius 2 is 1.17 bits per heavy atom. The first kappa shape index (κ1) is 43.8. The van der Waals surface area contributed by atoms with Crippen molar-refractivity contribution in [2.75, 3.05) is 6.61 Å².